The molecule has 0 saturated heterocycles. The largest absolute Gasteiger partial charge is 0.441 e. The van der Waals surface area contributed by atoms with Crippen LogP contribution in [0.1, 0.15) is 50.1 Å². The highest BCUT2D eigenvalue weighted by atomic mass is 32.2. The highest BCUT2D eigenvalue weighted by Gasteiger charge is 2.28. The molecule has 28 heavy (non-hydrogen) atoms. The summed E-state index contributed by atoms with van der Waals surface area (Å²) in [4.78, 5) is 16.9. The molecule has 5 nitrogen and oxygen atoms in total. The Morgan fingerprint density at radius 2 is 2.07 bits per heavy atom. The van der Waals surface area contributed by atoms with Crippen LogP contribution in [0.4, 0.5) is 0 Å². The Balaban J connectivity index is 1.58. The fraction of sp³-hybridized carbons (Fsp3) is 0.545. The summed E-state index contributed by atoms with van der Waals surface area (Å²) in [5, 5.41) is 3.09. The molecule has 1 aromatic carbocycles. The molecule has 1 aliphatic carbocycles. The van der Waals surface area contributed by atoms with Gasteiger partial charge in [0.25, 0.3) is 0 Å². The Morgan fingerprint density at radius 3 is 2.82 bits per heavy atom. The van der Waals surface area contributed by atoms with E-state index in [9.17, 15) is 9.00 Å². The van der Waals surface area contributed by atoms with E-state index in [1.807, 2.05) is 38.1 Å². The van der Waals surface area contributed by atoms with E-state index in [4.69, 9.17) is 4.42 Å². The van der Waals surface area contributed by atoms with Crippen LogP contribution in [0.5, 0.6) is 0 Å². The second kappa shape index (κ2) is 9.03. The van der Waals surface area contributed by atoms with Crippen molar-refractivity contribution in [3.05, 3.63) is 41.3 Å². The van der Waals surface area contributed by atoms with Crippen molar-refractivity contribution in [2.24, 2.45) is 11.8 Å². The molecule has 1 fully saturated rings. The van der Waals surface area contributed by atoms with Gasteiger partial charge in [-0.05, 0) is 44.2 Å². The number of hydrogen-bond acceptors (Lipinski definition) is 4. The monoisotopic (exact) mass is 402 g/mol. The number of rotatable bonds is 6. The van der Waals surface area contributed by atoms with Crippen molar-refractivity contribution in [2.75, 3.05) is 5.75 Å². The Hall–Kier alpha value is -1.95. The van der Waals surface area contributed by atoms with Crippen molar-refractivity contribution >= 4 is 16.7 Å². The van der Waals surface area contributed by atoms with Gasteiger partial charge >= 0.3 is 0 Å². The fourth-order valence-electron chi connectivity index (χ4n) is 3.85. The van der Waals surface area contributed by atoms with E-state index < -0.39 is 10.8 Å². The first-order valence-corrected chi connectivity index (χ1v) is 11.5. The lowest BCUT2D eigenvalue weighted by atomic mass is 9.78. The van der Waals surface area contributed by atoms with Crippen LogP contribution in [0.15, 0.2) is 28.7 Å². The molecule has 1 heterocycles. The summed E-state index contributed by atoms with van der Waals surface area (Å²) in [6.45, 7) is 8.27. The van der Waals surface area contributed by atoms with E-state index in [1.54, 1.807) is 0 Å². The lowest BCUT2D eigenvalue weighted by Gasteiger charge is -2.34. The fourth-order valence-corrected chi connectivity index (χ4v) is 4.90. The van der Waals surface area contributed by atoms with E-state index in [0.717, 1.165) is 24.0 Å². The number of aryl methyl sites for hydroxylation is 2. The van der Waals surface area contributed by atoms with Gasteiger partial charge in [-0.25, -0.2) is 4.98 Å². The van der Waals surface area contributed by atoms with E-state index in [1.165, 1.54) is 6.42 Å². The maximum Gasteiger partial charge on any atom is 0.232 e. The van der Waals surface area contributed by atoms with Crippen molar-refractivity contribution in [1.82, 2.24) is 10.3 Å². The Morgan fingerprint density at radius 1 is 1.29 bits per heavy atom. The van der Waals surface area contributed by atoms with Gasteiger partial charge < -0.3 is 9.73 Å². The first-order valence-electron chi connectivity index (χ1n) is 10.0. The number of nitrogens with one attached hydrogen (secondary N) is 1. The molecular weight excluding hydrogens is 372 g/mol. The minimum absolute atomic E-state index is 0.00365. The van der Waals surface area contributed by atoms with Gasteiger partial charge in [0.05, 0.1) is 11.4 Å². The number of carbonyl (C=O) groups excluding carboxylic acids is 1. The standard InChI is InChI=1S/C22H30N2O3S/c1-14-7-5-9-18(11-14)22-24-20(17(4)27-22)12-28(26)13-21(25)23-19-10-6-8-15(2)16(19)3/h5,7,9,11,15-16,19H,6,8,10,12-13H2,1-4H3,(H,23,25)/t15-,16+,19+,28-/m0/s1. The summed E-state index contributed by atoms with van der Waals surface area (Å²) in [5.74, 6) is 2.35. The van der Waals surface area contributed by atoms with Gasteiger partial charge in [0.2, 0.25) is 11.8 Å². The minimum Gasteiger partial charge on any atom is -0.441 e. The van der Waals surface area contributed by atoms with Crippen LogP contribution in [0.25, 0.3) is 11.5 Å². The predicted molar refractivity (Wildman–Crippen MR) is 112 cm³/mol. The molecular formula is C22H30N2O3S. The molecule has 1 aliphatic rings. The topological polar surface area (TPSA) is 72.2 Å². The zero-order chi connectivity index (χ0) is 20.3. The Kier molecular flexibility index (Phi) is 6.70. The van der Waals surface area contributed by atoms with Crippen molar-refractivity contribution in [1.29, 1.82) is 0 Å². The molecule has 1 amide bonds. The second-order valence-electron chi connectivity index (χ2n) is 8.06. The highest BCUT2D eigenvalue weighted by Crippen LogP contribution is 2.29. The number of aromatic nitrogens is 1. The summed E-state index contributed by atoms with van der Waals surface area (Å²) < 4.78 is 18.3. The molecule has 1 saturated carbocycles. The maximum absolute atomic E-state index is 12.5. The SMILES string of the molecule is Cc1cccc(-c2nc(C[S@](=O)CC(=O)N[C@@H]3CCC[C@H](C)[C@H]3C)c(C)o2)c1. The van der Waals surface area contributed by atoms with E-state index >= 15 is 0 Å². The Labute approximate surface area is 169 Å². The van der Waals surface area contributed by atoms with E-state index in [0.29, 0.717) is 29.2 Å². The van der Waals surface area contributed by atoms with Crippen molar-refractivity contribution in [2.45, 2.75) is 58.8 Å². The molecule has 0 bridgehead atoms. The Bertz CT molecular complexity index is 861. The van der Waals surface area contributed by atoms with Gasteiger partial charge in [-0.15, -0.1) is 0 Å². The van der Waals surface area contributed by atoms with Crippen LogP contribution >= 0.6 is 0 Å². The predicted octanol–water partition coefficient (Wildman–Crippen LogP) is 4.15. The molecule has 0 spiro atoms. The van der Waals surface area contributed by atoms with Gasteiger partial charge in [-0.3, -0.25) is 9.00 Å². The quantitative estimate of drug-likeness (QED) is 0.788. The van der Waals surface area contributed by atoms with Crippen LogP contribution in [-0.2, 0) is 21.3 Å². The average Bonchev–Trinajstić information content (AvgIpc) is 2.99. The molecule has 2 aromatic rings. The van der Waals surface area contributed by atoms with Gasteiger partial charge in [-0.2, -0.15) is 0 Å². The zero-order valence-electron chi connectivity index (χ0n) is 17.2. The first kappa shape index (κ1) is 20.8. The molecule has 6 heteroatoms. The minimum atomic E-state index is -1.32. The van der Waals surface area contributed by atoms with Crippen LogP contribution in [0.2, 0.25) is 0 Å². The molecule has 1 N–H and O–H groups in total. The number of oxazole rings is 1. The smallest absolute Gasteiger partial charge is 0.232 e. The summed E-state index contributed by atoms with van der Waals surface area (Å²) >= 11 is 0. The second-order valence-corrected chi connectivity index (χ2v) is 9.52. The molecule has 152 valence electrons. The molecule has 0 aliphatic heterocycles. The lowest BCUT2D eigenvalue weighted by molar-refractivity contribution is -0.120. The number of nitrogens with zero attached hydrogens (tertiary/aromatic N) is 1. The third-order valence-corrected chi connectivity index (χ3v) is 6.98. The third-order valence-electron chi connectivity index (χ3n) is 5.80. The van der Waals surface area contributed by atoms with Gasteiger partial charge in [0.1, 0.15) is 11.5 Å². The molecule has 1 aromatic heterocycles. The number of carbonyl (C=O) groups is 1. The van der Waals surface area contributed by atoms with Crippen molar-refractivity contribution in [3.63, 3.8) is 0 Å². The number of benzene rings is 1. The van der Waals surface area contributed by atoms with Crippen LogP contribution < -0.4 is 5.32 Å². The normalized spacial score (nSPS) is 23.4. The first-order chi connectivity index (χ1) is 13.3. The highest BCUT2D eigenvalue weighted by molar-refractivity contribution is 7.84. The molecule has 4 atom stereocenters. The van der Waals surface area contributed by atoms with Crippen LogP contribution in [0, 0.1) is 25.7 Å². The lowest BCUT2D eigenvalue weighted by Crippen LogP contribution is -2.45. The number of amides is 1. The van der Waals surface area contributed by atoms with Crippen LogP contribution in [0.3, 0.4) is 0 Å². The van der Waals surface area contributed by atoms with Gasteiger partial charge in [0.15, 0.2) is 0 Å². The van der Waals surface area contributed by atoms with Crippen LogP contribution in [-0.4, -0.2) is 26.9 Å². The van der Waals surface area contributed by atoms with E-state index in [-0.39, 0.29) is 23.5 Å². The summed E-state index contributed by atoms with van der Waals surface area (Å²) in [6.07, 6.45) is 3.36. The summed E-state index contributed by atoms with van der Waals surface area (Å²) in [6, 6.07) is 8.11. The van der Waals surface area contributed by atoms with Crippen molar-refractivity contribution in [3.8, 4) is 11.5 Å². The average molecular weight is 403 g/mol. The molecule has 0 unspecified atom stereocenters. The molecule has 0 radical (unpaired) electrons. The summed E-state index contributed by atoms with van der Waals surface area (Å²) in [5.41, 5.74) is 2.68. The summed E-state index contributed by atoms with van der Waals surface area (Å²) in [7, 11) is -1.32. The zero-order valence-corrected chi connectivity index (χ0v) is 18.0. The van der Waals surface area contributed by atoms with Crippen molar-refractivity contribution < 1.29 is 13.4 Å². The molecule has 3 rings (SSSR count). The maximum atomic E-state index is 12.5. The third kappa shape index (κ3) is 5.10. The van der Waals surface area contributed by atoms with Gasteiger partial charge in [-0.1, -0.05) is 44.4 Å². The number of hydrogen-bond donors (Lipinski definition) is 1. The van der Waals surface area contributed by atoms with E-state index in [2.05, 4.69) is 24.1 Å². The van der Waals surface area contributed by atoms with Gasteiger partial charge in [0, 0.05) is 22.4 Å².